The van der Waals surface area contributed by atoms with Crippen LogP contribution in [-0.4, -0.2) is 25.5 Å². The molecule has 0 fully saturated rings. The fourth-order valence-electron chi connectivity index (χ4n) is 2.55. The van der Waals surface area contributed by atoms with Crippen LogP contribution < -0.4 is 16.0 Å². The molecule has 2 rings (SSSR count). The zero-order valence-electron chi connectivity index (χ0n) is 15.7. The molecule has 0 bridgehead atoms. The first-order valence-electron chi connectivity index (χ1n) is 8.75. The Morgan fingerprint density at radius 2 is 1.75 bits per heavy atom. The Bertz CT molecular complexity index is 817. The van der Waals surface area contributed by atoms with Gasteiger partial charge in [0.1, 0.15) is 0 Å². The Hall–Kier alpha value is -3.03. The monoisotopic (exact) mass is 392 g/mol. The van der Waals surface area contributed by atoms with Crippen LogP contribution in [0.15, 0.2) is 53.5 Å². The number of halogens is 3. The van der Waals surface area contributed by atoms with Gasteiger partial charge >= 0.3 is 6.18 Å². The summed E-state index contributed by atoms with van der Waals surface area (Å²) in [6.07, 6.45) is -3.75. The van der Waals surface area contributed by atoms with Crippen LogP contribution in [0.25, 0.3) is 0 Å². The third-order valence-corrected chi connectivity index (χ3v) is 3.92. The third-order valence-electron chi connectivity index (χ3n) is 3.92. The van der Waals surface area contributed by atoms with Gasteiger partial charge in [-0.05, 0) is 41.8 Å². The van der Waals surface area contributed by atoms with Gasteiger partial charge in [0.25, 0.3) is 0 Å². The molecule has 0 atom stereocenters. The molecule has 0 heterocycles. The van der Waals surface area contributed by atoms with Gasteiger partial charge in [0.05, 0.1) is 5.56 Å². The molecule has 0 saturated carbocycles. The summed E-state index contributed by atoms with van der Waals surface area (Å²) in [6, 6.07) is 12.6. The molecule has 0 aliphatic rings. The van der Waals surface area contributed by atoms with Crippen LogP contribution in [0.1, 0.15) is 23.6 Å². The number of amides is 1. The Morgan fingerprint density at radius 1 is 1.04 bits per heavy atom. The van der Waals surface area contributed by atoms with Gasteiger partial charge in [0.15, 0.2) is 5.96 Å². The number of hydrogen-bond acceptors (Lipinski definition) is 2. The molecule has 1 amide bonds. The summed E-state index contributed by atoms with van der Waals surface area (Å²) < 4.78 is 37.7. The Balaban J connectivity index is 1.81. The number of anilines is 1. The Labute approximate surface area is 162 Å². The number of guanidine groups is 1. The molecule has 2 aromatic carbocycles. The highest BCUT2D eigenvalue weighted by molar-refractivity contribution is 5.88. The van der Waals surface area contributed by atoms with Crippen molar-refractivity contribution in [2.45, 2.75) is 26.1 Å². The second-order valence-corrected chi connectivity index (χ2v) is 6.18. The van der Waals surface area contributed by atoms with E-state index in [0.29, 0.717) is 25.5 Å². The maximum absolute atomic E-state index is 12.6. The van der Waals surface area contributed by atoms with Crippen LogP contribution in [0.5, 0.6) is 0 Å². The lowest BCUT2D eigenvalue weighted by atomic mass is 10.1. The normalized spacial score (nSPS) is 11.8. The maximum atomic E-state index is 12.6. The van der Waals surface area contributed by atoms with Crippen LogP contribution in [0.3, 0.4) is 0 Å². The minimum absolute atomic E-state index is 0.133. The number of rotatable bonds is 6. The van der Waals surface area contributed by atoms with Gasteiger partial charge in [-0.15, -0.1) is 0 Å². The van der Waals surface area contributed by atoms with E-state index in [1.54, 1.807) is 7.05 Å². The van der Waals surface area contributed by atoms with Gasteiger partial charge in [-0.2, -0.15) is 13.2 Å². The lowest BCUT2D eigenvalue weighted by molar-refractivity contribution is -0.137. The van der Waals surface area contributed by atoms with E-state index in [4.69, 9.17) is 0 Å². The van der Waals surface area contributed by atoms with Crippen molar-refractivity contribution in [2.24, 2.45) is 4.99 Å². The number of carbonyl (C=O) groups is 1. The molecule has 5 nitrogen and oxygen atoms in total. The minimum Gasteiger partial charge on any atom is -0.356 e. The highest BCUT2D eigenvalue weighted by Crippen LogP contribution is 2.29. The molecule has 0 spiro atoms. The largest absolute Gasteiger partial charge is 0.416 e. The van der Waals surface area contributed by atoms with Gasteiger partial charge in [0, 0.05) is 32.7 Å². The van der Waals surface area contributed by atoms with Crippen LogP contribution in [0.2, 0.25) is 0 Å². The third kappa shape index (κ3) is 6.94. The molecule has 3 N–H and O–H groups in total. The van der Waals surface area contributed by atoms with Crippen molar-refractivity contribution in [1.82, 2.24) is 10.6 Å². The lowest BCUT2D eigenvalue weighted by Crippen LogP contribution is -2.37. The zero-order chi connectivity index (χ0) is 20.6. The smallest absolute Gasteiger partial charge is 0.356 e. The van der Waals surface area contributed by atoms with Crippen molar-refractivity contribution < 1.29 is 18.0 Å². The molecule has 0 unspecified atom stereocenters. The number of hydrogen-bond donors (Lipinski definition) is 3. The molecule has 2 aromatic rings. The Kier molecular flexibility index (Phi) is 7.43. The van der Waals surface area contributed by atoms with E-state index >= 15 is 0 Å². The highest BCUT2D eigenvalue weighted by atomic mass is 19.4. The van der Waals surface area contributed by atoms with Gasteiger partial charge in [0.2, 0.25) is 5.91 Å². The summed E-state index contributed by atoms with van der Waals surface area (Å²) in [6.45, 7) is 2.48. The summed E-state index contributed by atoms with van der Waals surface area (Å²) in [5.41, 5.74) is 1.84. The predicted molar refractivity (Wildman–Crippen MR) is 104 cm³/mol. The van der Waals surface area contributed by atoms with E-state index in [-0.39, 0.29) is 5.91 Å². The summed E-state index contributed by atoms with van der Waals surface area (Å²) in [5.74, 6) is 0.447. The van der Waals surface area contributed by atoms with Crippen LogP contribution in [-0.2, 0) is 23.9 Å². The predicted octanol–water partition coefficient (Wildman–Crippen LogP) is 3.57. The topological polar surface area (TPSA) is 65.5 Å². The van der Waals surface area contributed by atoms with Crippen LogP contribution >= 0.6 is 0 Å². The molecular formula is C20H23F3N4O. The van der Waals surface area contributed by atoms with E-state index in [9.17, 15) is 18.0 Å². The van der Waals surface area contributed by atoms with E-state index in [1.165, 1.54) is 19.1 Å². The molecule has 0 aliphatic carbocycles. The van der Waals surface area contributed by atoms with E-state index in [0.717, 1.165) is 28.9 Å². The first kappa shape index (κ1) is 21.3. The summed E-state index contributed by atoms with van der Waals surface area (Å²) >= 11 is 0. The second kappa shape index (κ2) is 9.77. The number of aliphatic imine (C=N–C) groups is 1. The molecule has 28 heavy (non-hydrogen) atoms. The van der Waals surface area contributed by atoms with Gasteiger partial charge in [-0.3, -0.25) is 9.79 Å². The highest BCUT2D eigenvalue weighted by Gasteiger charge is 2.29. The van der Waals surface area contributed by atoms with E-state index < -0.39 is 11.7 Å². The van der Waals surface area contributed by atoms with Crippen LogP contribution in [0, 0.1) is 0 Å². The summed E-state index contributed by atoms with van der Waals surface area (Å²) in [4.78, 5) is 15.3. The average molecular weight is 392 g/mol. The van der Waals surface area contributed by atoms with Crippen molar-refractivity contribution in [2.75, 3.05) is 18.9 Å². The second-order valence-electron chi connectivity index (χ2n) is 6.18. The summed E-state index contributed by atoms with van der Waals surface area (Å²) in [7, 11) is 1.64. The number of benzene rings is 2. The van der Waals surface area contributed by atoms with Crippen molar-refractivity contribution in [3.8, 4) is 0 Å². The first-order chi connectivity index (χ1) is 13.3. The number of carbonyl (C=O) groups excluding carboxylic acids is 1. The quantitative estimate of drug-likeness (QED) is 0.520. The fraction of sp³-hybridized carbons (Fsp3) is 0.300. The average Bonchev–Trinajstić information content (AvgIpc) is 2.64. The molecule has 0 aromatic heterocycles. The first-order valence-corrected chi connectivity index (χ1v) is 8.75. The standard InChI is InChI=1S/C20H23F3N4O/c1-14(28)27-18-5-3-4-16(12-18)13-26-19(24-2)25-11-10-15-6-8-17(9-7-15)20(21,22)23/h3-9,12H,10-11,13H2,1-2H3,(H,27,28)(H2,24,25,26). The van der Waals surface area contributed by atoms with Crippen molar-refractivity contribution in [1.29, 1.82) is 0 Å². The van der Waals surface area contributed by atoms with Crippen LogP contribution in [0.4, 0.5) is 18.9 Å². The maximum Gasteiger partial charge on any atom is 0.416 e. The molecule has 150 valence electrons. The van der Waals surface area contributed by atoms with Crippen molar-refractivity contribution >= 4 is 17.6 Å². The molecule has 0 radical (unpaired) electrons. The molecular weight excluding hydrogens is 369 g/mol. The van der Waals surface area contributed by atoms with Gasteiger partial charge in [-0.25, -0.2) is 0 Å². The lowest BCUT2D eigenvalue weighted by Gasteiger charge is -2.13. The zero-order valence-corrected chi connectivity index (χ0v) is 15.7. The molecule has 8 heteroatoms. The van der Waals surface area contributed by atoms with Crippen molar-refractivity contribution in [3.05, 3.63) is 65.2 Å². The van der Waals surface area contributed by atoms with Gasteiger partial charge < -0.3 is 16.0 Å². The SMILES string of the molecule is CN=C(NCCc1ccc(C(F)(F)F)cc1)NCc1cccc(NC(C)=O)c1. The number of nitrogens with one attached hydrogen (secondary N) is 3. The van der Waals surface area contributed by atoms with E-state index in [2.05, 4.69) is 20.9 Å². The fourth-order valence-corrected chi connectivity index (χ4v) is 2.55. The summed E-state index contributed by atoms with van der Waals surface area (Å²) in [5, 5.41) is 9.02. The van der Waals surface area contributed by atoms with Crippen molar-refractivity contribution in [3.63, 3.8) is 0 Å². The Morgan fingerprint density at radius 3 is 2.36 bits per heavy atom. The number of alkyl halides is 3. The number of nitrogens with zero attached hydrogens (tertiary/aromatic N) is 1. The molecule has 0 aliphatic heterocycles. The van der Waals surface area contributed by atoms with Gasteiger partial charge in [-0.1, -0.05) is 24.3 Å². The minimum atomic E-state index is -4.32. The van der Waals surface area contributed by atoms with E-state index in [1.807, 2.05) is 24.3 Å². The molecule has 0 saturated heterocycles.